The van der Waals surface area contributed by atoms with Gasteiger partial charge in [0.15, 0.2) is 17.5 Å². The average molecular weight is 427 g/mol. The summed E-state index contributed by atoms with van der Waals surface area (Å²) in [4.78, 5) is 15.3. The molecule has 0 saturated heterocycles. The molecule has 10 heteroatoms. The van der Waals surface area contributed by atoms with E-state index in [1.54, 1.807) is 6.92 Å². The maximum atomic E-state index is 14.0. The Bertz CT molecular complexity index is 942. The van der Waals surface area contributed by atoms with Crippen molar-refractivity contribution < 1.29 is 31.5 Å². The molecule has 160 valence electrons. The fourth-order valence-corrected chi connectivity index (χ4v) is 2.46. The lowest BCUT2D eigenvalue weighted by atomic mass is 10.2. The predicted octanol–water partition coefficient (Wildman–Crippen LogP) is 4.55. The molecule has 1 amide bonds. The summed E-state index contributed by atoms with van der Waals surface area (Å²) in [7, 11) is 0. The highest BCUT2D eigenvalue weighted by Gasteiger charge is 2.15. The van der Waals surface area contributed by atoms with Gasteiger partial charge < -0.3 is 15.0 Å². The summed E-state index contributed by atoms with van der Waals surface area (Å²) >= 11 is 0. The van der Waals surface area contributed by atoms with Gasteiger partial charge in [0.2, 0.25) is 5.83 Å². The SMILES string of the molecule is C=NC(=O)/C(F)=C\N(CNc1cc(OCC)ccc1F)Cc1cc(F)c(F)c(F)c1. The molecule has 0 aliphatic carbocycles. The monoisotopic (exact) mass is 427 g/mol. The van der Waals surface area contributed by atoms with Gasteiger partial charge in [-0.2, -0.15) is 4.39 Å². The molecule has 0 aliphatic heterocycles. The summed E-state index contributed by atoms with van der Waals surface area (Å²) in [6.07, 6.45) is 0.716. The molecule has 0 aromatic heterocycles. The van der Waals surface area contributed by atoms with E-state index in [0.717, 1.165) is 23.1 Å². The van der Waals surface area contributed by atoms with E-state index in [4.69, 9.17) is 4.74 Å². The standard InChI is InChI=1S/C20H18F5N3O2/c1-3-30-13-4-5-14(21)18(8-13)27-11-28(10-17(24)20(29)26-2)9-12-6-15(22)19(25)16(23)7-12/h4-8,10,27H,2-3,9,11H2,1H3/b17-10+. The van der Waals surface area contributed by atoms with Crippen LogP contribution in [-0.4, -0.2) is 30.8 Å². The van der Waals surface area contributed by atoms with E-state index >= 15 is 0 Å². The molecule has 2 rings (SSSR count). The van der Waals surface area contributed by atoms with Crippen LogP contribution in [0.1, 0.15) is 12.5 Å². The first-order valence-electron chi connectivity index (χ1n) is 8.67. The third-order valence-corrected chi connectivity index (χ3v) is 3.79. The van der Waals surface area contributed by atoms with Crippen LogP contribution in [0.15, 0.2) is 47.4 Å². The highest BCUT2D eigenvalue weighted by Crippen LogP contribution is 2.22. The summed E-state index contributed by atoms with van der Waals surface area (Å²) in [6, 6.07) is 5.39. The van der Waals surface area contributed by atoms with Crippen LogP contribution in [-0.2, 0) is 11.3 Å². The van der Waals surface area contributed by atoms with Gasteiger partial charge in [-0.1, -0.05) is 0 Å². The van der Waals surface area contributed by atoms with Crippen LogP contribution in [0.5, 0.6) is 5.75 Å². The second-order valence-corrected chi connectivity index (χ2v) is 5.97. The molecular formula is C20H18F5N3O2. The smallest absolute Gasteiger partial charge is 0.306 e. The van der Waals surface area contributed by atoms with Crippen molar-refractivity contribution in [3.63, 3.8) is 0 Å². The molecule has 5 nitrogen and oxygen atoms in total. The number of rotatable bonds is 9. The average Bonchev–Trinajstić information content (AvgIpc) is 2.71. The van der Waals surface area contributed by atoms with E-state index in [1.165, 1.54) is 12.1 Å². The number of nitrogens with zero attached hydrogens (tertiary/aromatic N) is 2. The van der Waals surface area contributed by atoms with Crippen LogP contribution in [0, 0.1) is 23.3 Å². The lowest BCUT2D eigenvalue weighted by molar-refractivity contribution is -0.115. The molecule has 0 aliphatic rings. The van der Waals surface area contributed by atoms with Gasteiger partial charge in [0.05, 0.1) is 19.0 Å². The molecule has 30 heavy (non-hydrogen) atoms. The van der Waals surface area contributed by atoms with Crippen LogP contribution >= 0.6 is 0 Å². The zero-order chi connectivity index (χ0) is 22.3. The molecule has 2 aromatic rings. The van der Waals surface area contributed by atoms with Crippen molar-refractivity contribution in [2.75, 3.05) is 18.6 Å². The van der Waals surface area contributed by atoms with E-state index in [1.807, 2.05) is 0 Å². The number of carbonyl (C=O) groups excluding carboxylic acids is 1. The topological polar surface area (TPSA) is 53.9 Å². The highest BCUT2D eigenvalue weighted by molar-refractivity contribution is 5.94. The summed E-state index contributed by atoms with van der Waals surface area (Å²) in [5, 5.41) is 2.68. The minimum absolute atomic E-state index is 0.00407. The zero-order valence-electron chi connectivity index (χ0n) is 15.9. The quantitative estimate of drug-likeness (QED) is 0.210. The third kappa shape index (κ3) is 6.03. The zero-order valence-corrected chi connectivity index (χ0v) is 15.9. The van der Waals surface area contributed by atoms with Gasteiger partial charge in [-0.15, -0.1) is 0 Å². The number of hydrogen-bond donors (Lipinski definition) is 1. The van der Waals surface area contributed by atoms with Crippen molar-refractivity contribution in [3.05, 3.63) is 71.2 Å². The van der Waals surface area contributed by atoms with Crippen molar-refractivity contribution in [3.8, 4) is 5.75 Å². The number of ether oxygens (including phenoxy) is 1. The van der Waals surface area contributed by atoms with Crippen molar-refractivity contribution >= 4 is 18.3 Å². The van der Waals surface area contributed by atoms with Crippen molar-refractivity contribution in [1.82, 2.24) is 4.90 Å². The fourth-order valence-electron chi connectivity index (χ4n) is 2.46. The number of amides is 1. The molecule has 0 unspecified atom stereocenters. The summed E-state index contributed by atoms with van der Waals surface area (Å²) < 4.78 is 73.4. The van der Waals surface area contributed by atoms with Crippen molar-refractivity contribution in [1.29, 1.82) is 0 Å². The Morgan fingerprint density at radius 2 is 1.83 bits per heavy atom. The van der Waals surface area contributed by atoms with Crippen LogP contribution in [0.4, 0.5) is 27.6 Å². The van der Waals surface area contributed by atoms with Crippen LogP contribution in [0.2, 0.25) is 0 Å². The first kappa shape index (κ1) is 22.9. The van der Waals surface area contributed by atoms with Gasteiger partial charge in [-0.05, 0) is 43.5 Å². The Kier molecular flexibility index (Phi) is 7.90. The molecule has 0 atom stereocenters. The minimum atomic E-state index is -1.65. The van der Waals surface area contributed by atoms with Crippen LogP contribution in [0.3, 0.4) is 0 Å². The van der Waals surface area contributed by atoms with Crippen LogP contribution < -0.4 is 10.1 Å². The maximum absolute atomic E-state index is 14.0. The van der Waals surface area contributed by atoms with Gasteiger partial charge >= 0.3 is 5.91 Å². The maximum Gasteiger partial charge on any atom is 0.306 e. The lowest BCUT2D eigenvalue weighted by Crippen LogP contribution is -2.25. The van der Waals surface area contributed by atoms with E-state index in [-0.39, 0.29) is 24.5 Å². The number of anilines is 1. The van der Waals surface area contributed by atoms with Crippen molar-refractivity contribution in [2.24, 2.45) is 4.99 Å². The van der Waals surface area contributed by atoms with Gasteiger partial charge in [0, 0.05) is 18.8 Å². The molecule has 0 heterocycles. The molecule has 0 radical (unpaired) electrons. The Morgan fingerprint density at radius 3 is 2.43 bits per heavy atom. The summed E-state index contributed by atoms with van der Waals surface area (Å²) in [5.74, 6) is -7.33. The van der Waals surface area contributed by atoms with Gasteiger partial charge in [0.25, 0.3) is 0 Å². The number of carbonyl (C=O) groups is 1. The number of halogens is 5. The number of hydrogen-bond acceptors (Lipinski definition) is 4. The van der Waals surface area contributed by atoms with E-state index in [9.17, 15) is 26.7 Å². The largest absolute Gasteiger partial charge is 0.494 e. The number of aliphatic imine (C=N–C) groups is 1. The molecule has 1 N–H and O–H groups in total. The predicted molar refractivity (Wildman–Crippen MR) is 102 cm³/mol. The minimum Gasteiger partial charge on any atom is -0.494 e. The molecular weight excluding hydrogens is 409 g/mol. The van der Waals surface area contributed by atoms with Crippen LogP contribution in [0.25, 0.3) is 0 Å². The Labute approximate surface area is 169 Å². The first-order valence-corrected chi connectivity index (χ1v) is 8.67. The Hall–Kier alpha value is -3.43. The molecule has 0 saturated carbocycles. The third-order valence-electron chi connectivity index (χ3n) is 3.79. The van der Waals surface area contributed by atoms with E-state index in [2.05, 4.69) is 17.0 Å². The molecule has 0 spiro atoms. The normalized spacial score (nSPS) is 11.2. The van der Waals surface area contributed by atoms with Gasteiger partial charge in [0.1, 0.15) is 11.6 Å². The van der Waals surface area contributed by atoms with Gasteiger partial charge in [-0.3, -0.25) is 4.79 Å². The fraction of sp³-hybridized carbons (Fsp3) is 0.200. The highest BCUT2D eigenvalue weighted by atomic mass is 19.2. The molecule has 2 aromatic carbocycles. The van der Waals surface area contributed by atoms with Gasteiger partial charge in [-0.25, -0.2) is 22.6 Å². The summed E-state index contributed by atoms with van der Waals surface area (Å²) in [6.45, 7) is 4.39. The number of nitrogens with one attached hydrogen (secondary N) is 1. The second-order valence-electron chi connectivity index (χ2n) is 5.97. The summed E-state index contributed by atoms with van der Waals surface area (Å²) in [5.41, 5.74) is -0.0517. The Balaban J connectivity index is 2.27. The molecule has 0 bridgehead atoms. The van der Waals surface area contributed by atoms with E-state index in [0.29, 0.717) is 18.6 Å². The first-order chi connectivity index (χ1) is 14.2. The lowest BCUT2D eigenvalue weighted by Gasteiger charge is -2.22. The Morgan fingerprint density at radius 1 is 1.17 bits per heavy atom. The van der Waals surface area contributed by atoms with Crippen molar-refractivity contribution in [2.45, 2.75) is 13.5 Å². The van der Waals surface area contributed by atoms with E-state index < -0.39 is 35.0 Å². The second kappa shape index (κ2) is 10.4. The number of benzene rings is 2. The molecule has 0 fully saturated rings.